The van der Waals surface area contributed by atoms with Crippen LogP contribution in [0.15, 0.2) is 60.7 Å². The molecule has 2 aromatic carbocycles. The molecule has 8 amide bonds. The zero-order chi connectivity index (χ0) is 53.1. The second kappa shape index (κ2) is 26.1. The minimum absolute atomic E-state index is 0.224. The fourth-order valence-corrected chi connectivity index (χ4v) is 12.3. The van der Waals surface area contributed by atoms with Crippen molar-refractivity contribution in [2.45, 2.75) is 164 Å². The Hall–Kier alpha value is -5.88. The molecule has 0 unspecified atom stereocenters. The molecule has 5 aliphatic rings. The first-order valence-corrected chi connectivity index (χ1v) is 27.1. The summed E-state index contributed by atoms with van der Waals surface area (Å²) in [5.41, 5.74) is 1.70. The van der Waals surface area contributed by atoms with E-state index in [-0.39, 0.29) is 60.6 Å². The van der Waals surface area contributed by atoms with E-state index in [1.54, 1.807) is 38.0 Å². The van der Waals surface area contributed by atoms with Crippen molar-refractivity contribution in [1.82, 2.24) is 40.9 Å². The molecule has 1 saturated heterocycles. The maximum Gasteiger partial charge on any atom is 0.247 e. The number of aliphatic hydroxyl groups excluding tert-OH is 2. The van der Waals surface area contributed by atoms with Gasteiger partial charge in [0.25, 0.3) is 0 Å². The van der Waals surface area contributed by atoms with Crippen LogP contribution in [0.2, 0.25) is 0 Å². The molecule has 0 spiro atoms. The maximum atomic E-state index is 14.6. The first kappa shape index (κ1) is 55.9. The highest BCUT2D eigenvalue weighted by Crippen LogP contribution is 2.33. The lowest BCUT2D eigenvalue weighted by atomic mass is 9.83. The van der Waals surface area contributed by atoms with Crippen molar-refractivity contribution in [2.24, 2.45) is 23.7 Å². The predicted octanol–water partition coefficient (Wildman–Crippen LogP) is 2.48. The Morgan fingerprint density at radius 1 is 0.378 bits per heavy atom. The fourth-order valence-electron chi connectivity index (χ4n) is 12.3. The van der Waals surface area contributed by atoms with Crippen LogP contribution in [0.4, 0.5) is 0 Å². The zero-order valence-electron chi connectivity index (χ0n) is 43.8. The van der Waals surface area contributed by atoms with Crippen molar-refractivity contribution in [1.29, 1.82) is 0 Å². The first-order chi connectivity index (χ1) is 35.6. The number of fused-ring (bicyclic) bond motifs is 8. The summed E-state index contributed by atoms with van der Waals surface area (Å²) >= 11 is 0. The van der Waals surface area contributed by atoms with E-state index < -0.39 is 84.7 Å². The van der Waals surface area contributed by atoms with Gasteiger partial charge in [-0.05, 0) is 88.2 Å². The Kier molecular flexibility index (Phi) is 19.7. The topological polar surface area (TPSA) is 238 Å². The van der Waals surface area contributed by atoms with Crippen LogP contribution in [0.1, 0.15) is 114 Å². The molecule has 1 aliphatic heterocycles. The molecule has 0 aromatic heterocycles. The number of hydrogen-bond acceptors (Lipinski definition) is 10. The van der Waals surface area contributed by atoms with Crippen LogP contribution in [0.25, 0.3) is 0 Å². The number of benzene rings is 2. The summed E-state index contributed by atoms with van der Waals surface area (Å²) in [5.74, 6) is -5.17. The van der Waals surface area contributed by atoms with E-state index in [2.05, 4.69) is 21.3 Å². The van der Waals surface area contributed by atoms with Gasteiger partial charge < -0.3 is 51.1 Å². The van der Waals surface area contributed by atoms with Crippen LogP contribution in [-0.4, -0.2) is 167 Å². The summed E-state index contributed by atoms with van der Waals surface area (Å²) in [5, 5.41) is 32.9. The average Bonchev–Trinajstić information content (AvgIpc) is 3.44. The molecular weight excluding hydrogens is 945 g/mol. The SMILES string of the molecule is CN1C(=O)[C@H](Cc2ccccc2)NC(=O)[C@@H]2CCC[C@@H](C2)N(C)C(=O)[C@@H](CO)NC(=O)[C@@H]2CCC[C@@H](C2)N(C)C(=O)[C@H](Cc2ccccc2)NC(=O)[C@@H]2CCC[C@@H](C2)N(C)C(=O)[C@@H](CO)NC(=O)[C@@H]2CCC[C@H]1C2. The summed E-state index contributed by atoms with van der Waals surface area (Å²) < 4.78 is 0. The number of amides is 8. The molecule has 0 radical (unpaired) electrons. The summed E-state index contributed by atoms with van der Waals surface area (Å²) in [6, 6.07) is 13.0. The van der Waals surface area contributed by atoms with Crippen molar-refractivity contribution in [3.8, 4) is 0 Å². The molecule has 2 aromatic rings. The van der Waals surface area contributed by atoms with Gasteiger partial charge in [-0.3, -0.25) is 38.4 Å². The Bertz CT molecular complexity index is 2130. The van der Waals surface area contributed by atoms with E-state index in [0.717, 1.165) is 11.1 Å². The lowest BCUT2D eigenvalue weighted by Gasteiger charge is -2.39. The summed E-state index contributed by atoms with van der Waals surface area (Å²) in [6.07, 6.45) is 8.79. The molecule has 18 nitrogen and oxygen atoms in total. The highest BCUT2D eigenvalue weighted by molar-refractivity contribution is 5.92. The van der Waals surface area contributed by atoms with Gasteiger partial charge in [-0.2, -0.15) is 0 Å². The third kappa shape index (κ3) is 13.9. The number of rotatable bonds is 6. The van der Waals surface area contributed by atoms with Crippen LogP contribution in [0, 0.1) is 23.7 Å². The van der Waals surface area contributed by atoms with Gasteiger partial charge >= 0.3 is 0 Å². The second-order valence-corrected chi connectivity index (χ2v) is 21.9. The van der Waals surface area contributed by atoms with Crippen molar-refractivity contribution in [3.05, 3.63) is 71.8 Å². The van der Waals surface area contributed by atoms with Crippen LogP contribution in [-0.2, 0) is 51.2 Å². The predicted molar refractivity (Wildman–Crippen MR) is 276 cm³/mol. The zero-order valence-corrected chi connectivity index (χ0v) is 43.8. The number of nitrogens with zero attached hydrogens (tertiary/aromatic N) is 4. The van der Waals surface area contributed by atoms with Crippen LogP contribution in [0.5, 0.6) is 0 Å². The van der Waals surface area contributed by atoms with Gasteiger partial charge in [0.1, 0.15) is 24.2 Å². The number of hydrogen-bond donors (Lipinski definition) is 6. The Balaban J connectivity index is 1.14. The number of aliphatic hydroxyl groups is 2. The van der Waals surface area contributed by atoms with Crippen molar-refractivity contribution in [2.75, 3.05) is 41.4 Å². The van der Waals surface area contributed by atoms with Gasteiger partial charge in [-0.15, -0.1) is 0 Å². The third-order valence-electron chi connectivity index (χ3n) is 17.0. The maximum absolute atomic E-state index is 14.6. The lowest BCUT2D eigenvalue weighted by Crippen LogP contribution is -2.57. The Labute approximate surface area is 436 Å². The fraction of sp³-hybridized carbons (Fsp3) is 0.643. The standard InChI is InChI=1S/C56H80N8O10/c1-61-41-23-13-21-39(31-41)51(69)59-47(33-65)55(73)64(4)44-26-12-20-38(30-44)50(68)58-46(28-36-17-9-6-10-18-36)54(72)62(2)42-24-14-22-40(32-42)52(70)60-48(34-66)56(74)63(3)43-25-11-19-37(29-43)49(67)57-45(53(61)71)27-35-15-7-5-8-16-35/h5-10,15-18,37-48,65-66H,11-14,19-34H2,1-4H3,(H,57,67)(H,58,68)(H,59,69)(H,60,70)/t37-,38-,39-,40-,41+,42+,43+,44+,45+,46+,47-,48-/m1/s1. The molecule has 4 aliphatic carbocycles. The van der Waals surface area contributed by atoms with Gasteiger partial charge in [0.15, 0.2) is 0 Å². The average molecular weight is 1030 g/mol. The van der Waals surface area contributed by atoms with Crippen molar-refractivity contribution in [3.63, 3.8) is 0 Å². The summed E-state index contributed by atoms with van der Waals surface area (Å²) in [7, 11) is 6.63. The van der Waals surface area contributed by atoms with E-state index in [1.165, 1.54) is 9.80 Å². The summed E-state index contributed by atoms with van der Waals surface area (Å²) in [6.45, 7) is -1.27. The minimum atomic E-state index is -1.23. The van der Waals surface area contributed by atoms with Crippen molar-refractivity contribution >= 4 is 47.3 Å². The quantitative estimate of drug-likeness (QED) is 0.247. The minimum Gasteiger partial charge on any atom is -0.394 e. The summed E-state index contributed by atoms with van der Waals surface area (Å²) in [4.78, 5) is 120. The molecule has 404 valence electrons. The number of nitrogens with one attached hydrogen (secondary N) is 4. The third-order valence-corrected chi connectivity index (χ3v) is 17.0. The van der Waals surface area contributed by atoms with Gasteiger partial charge in [0.05, 0.1) is 13.2 Å². The largest absolute Gasteiger partial charge is 0.394 e. The molecule has 5 fully saturated rings. The molecule has 6 N–H and O–H groups in total. The van der Waals surface area contributed by atoms with Gasteiger partial charge in [0, 0.05) is 88.9 Å². The van der Waals surface area contributed by atoms with Crippen molar-refractivity contribution < 1.29 is 48.6 Å². The van der Waals surface area contributed by atoms with Crippen LogP contribution >= 0.6 is 0 Å². The molecule has 18 heteroatoms. The monoisotopic (exact) mass is 1020 g/mol. The highest BCUT2D eigenvalue weighted by Gasteiger charge is 2.41. The Morgan fingerprint density at radius 2 is 0.622 bits per heavy atom. The van der Waals surface area contributed by atoms with E-state index in [4.69, 9.17) is 0 Å². The highest BCUT2D eigenvalue weighted by atomic mass is 16.3. The molecule has 4 saturated carbocycles. The van der Waals surface area contributed by atoms with Gasteiger partial charge in [0.2, 0.25) is 47.3 Å². The smallest absolute Gasteiger partial charge is 0.247 e. The van der Waals surface area contributed by atoms with Gasteiger partial charge in [-0.1, -0.05) is 86.3 Å². The number of carbonyl (C=O) groups excluding carboxylic acids is 8. The first-order valence-electron chi connectivity index (χ1n) is 27.1. The van der Waals surface area contributed by atoms with E-state index >= 15 is 0 Å². The molecule has 74 heavy (non-hydrogen) atoms. The van der Waals surface area contributed by atoms with E-state index in [0.29, 0.717) is 103 Å². The molecule has 8 bridgehead atoms. The van der Waals surface area contributed by atoms with E-state index in [1.807, 2.05) is 60.7 Å². The molecule has 12 atom stereocenters. The molecular formula is C56H80N8O10. The van der Waals surface area contributed by atoms with Gasteiger partial charge in [-0.25, -0.2) is 0 Å². The van der Waals surface area contributed by atoms with Crippen LogP contribution in [0.3, 0.4) is 0 Å². The normalized spacial score (nSPS) is 32.1. The van der Waals surface area contributed by atoms with E-state index in [9.17, 15) is 48.6 Å². The second-order valence-electron chi connectivity index (χ2n) is 21.9. The molecule has 1 heterocycles. The number of carbonyl (C=O) groups is 8. The Morgan fingerprint density at radius 3 is 0.878 bits per heavy atom. The number of likely N-dealkylation sites (N-methyl/N-ethyl adjacent to an activating group) is 4. The van der Waals surface area contributed by atoms with Crippen LogP contribution < -0.4 is 21.3 Å². The lowest BCUT2D eigenvalue weighted by molar-refractivity contribution is -0.143. The molecule has 7 rings (SSSR count).